The van der Waals surface area contributed by atoms with E-state index in [1.807, 2.05) is 13.0 Å². The average molecular weight is 576 g/mol. The van der Waals surface area contributed by atoms with E-state index in [4.69, 9.17) is 18.6 Å². The molecule has 2 atom stereocenters. The van der Waals surface area contributed by atoms with Crippen LogP contribution in [0.5, 0.6) is 17.2 Å². The first kappa shape index (κ1) is 28.7. The molecule has 220 valence electrons. The SMILES string of the molecule is COc1cc2ccc1CNC(=O)COc1cc(ccc1C)C(=O)N[C@H]1CN(C(=O)c3c(C)cc(=O)oc3C)CC[C@H]1O2. The van der Waals surface area contributed by atoms with E-state index in [1.165, 1.54) is 13.2 Å². The molecule has 3 aliphatic heterocycles. The molecule has 0 saturated carbocycles. The van der Waals surface area contributed by atoms with Crippen LogP contribution in [0.15, 0.2) is 51.7 Å². The Morgan fingerprint density at radius 1 is 1.02 bits per heavy atom. The maximum Gasteiger partial charge on any atom is 0.336 e. The molecular formula is C31H33N3O8. The average Bonchev–Trinajstić information content (AvgIpc) is 2.95. The Kier molecular flexibility index (Phi) is 8.19. The fourth-order valence-electron chi connectivity index (χ4n) is 5.29. The van der Waals surface area contributed by atoms with Crippen molar-refractivity contribution >= 4 is 17.7 Å². The van der Waals surface area contributed by atoms with Crippen LogP contribution < -0.4 is 30.5 Å². The van der Waals surface area contributed by atoms with Crippen LogP contribution in [-0.2, 0) is 11.3 Å². The molecule has 4 heterocycles. The number of amides is 3. The summed E-state index contributed by atoms with van der Waals surface area (Å²) in [5.41, 5.74) is 2.20. The van der Waals surface area contributed by atoms with E-state index < -0.39 is 17.8 Å². The van der Waals surface area contributed by atoms with Crippen LogP contribution in [0.4, 0.5) is 0 Å². The zero-order chi connectivity index (χ0) is 30.0. The predicted molar refractivity (Wildman–Crippen MR) is 152 cm³/mol. The van der Waals surface area contributed by atoms with E-state index in [0.29, 0.717) is 46.9 Å². The number of carbonyl (C=O) groups excluding carboxylic acids is 3. The lowest BCUT2D eigenvalue weighted by Crippen LogP contribution is -2.58. The topological polar surface area (TPSA) is 136 Å². The first-order valence-corrected chi connectivity index (χ1v) is 13.7. The van der Waals surface area contributed by atoms with Crippen molar-refractivity contribution in [3.05, 3.63) is 86.5 Å². The first-order chi connectivity index (χ1) is 20.1. The molecule has 0 radical (unpaired) electrons. The molecule has 42 heavy (non-hydrogen) atoms. The lowest BCUT2D eigenvalue weighted by Gasteiger charge is -2.39. The van der Waals surface area contributed by atoms with Crippen LogP contribution in [-0.4, -0.2) is 61.6 Å². The van der Waals surface area contributed by atoms with E-state index in [1.54, 1.807) is 49.1 Å². The lowest BCUT2D eigenvalue weighted by atomic mass is 9.99. The molecule has 4 bridgehead atoms. The summed E-state index contributed by atoms with van der Waals surface area (Å²) in [6, 6.07) is 11.1. The molecule has 3 aromatic rings. The highest BCUT2D eigenvalue weighted by Crippen LogP contribution is 2.29. The van der Waals surface area contributed by atoms with Crippen LogP contribution in [0.3, 0.4) is 0 Å². The number of benzene rings is 2. The third kappa shape index (κ3) is 6.09. The van der Waals surface area contributed by atoms with Crippen LogP contribution in [0.1, 0.15) is 49.6 Å². The summed E-state index contributed by atoms with van der Waals surface area (Å²) in [5.74, 6) is 0.710. The second kappa shape index (κ2) is 12.0. The summed E-state index contributed by atoms with van der Waals surface area (Å²) < 4.78 is 22.9. The van der Waals surface area contributed by atoms with Crippen molar-refractivity contribution in [2.45, 2.75) is 45.9 Å². The maximum atomic E-state index is 13.6. The number of nitrogens with one attached hydrogen (secondary N) is 2. The fraction of sp³-hybridized carbons (Fsp3) is 0.355. The third-order valence-corrected chi connectivity index (χ3v) is 7.53. The van der Waals surface area contributed by atoms with E-state index in [2.05, 4.69) is 10.6 Å². The number of aryl methyl sites for hydroxylation is 3. The second-order valence-electron chi connectivity index (χ2n) is 10.5. The van der Waals surface area contributed by atoms with Gasteiger partial charge in [0.15, 0.2) is 6.61 Å². The molecule has 1 fully saturated rings. The minimum absolute atomic E-state index is 0.163. The second-order valence-corrected chi connectivity index (χ2v) is 10.5. The number of ether oxygens (including phenoxy) is 3. The normalized spacial score (nSPS) is 19.0. The van der Waals surface area contributed by atoms with Gasteiger partial charge in [0, 0.05) is 49.3 Å². The van der Waals surface area contributed by atoms with Crippen LogP contribution >= 0.6 is 0 Å². The largest absolute Gasteiger partial charge is 0.496 e. The number of fused-ring (bicyclic) bond motifs is 7. The summed E-state index contributed by atoms with van der Waals surface area (Å²) in [7, 11) is 1.54. The van der Waals surface area contributed by atoms with Gasteiger partial charge in [0.25, 0.3) is 17.7 Å². The molecule has 0 spiro atoms. The minimum atomic E-state index is -0.582. The Labute approximate surface area is 242 Å². The van der Waals surface area contributed by atoms with Crippen molar-refractivity contribution in [1.29, 1.82) is 0 Å². The van der Waals surface area contributed by atoms with Gasteiger partial charge >= 0.3 is 5.63 Å². The molecular weight excluding hydrogens is 542 g/mol. The Morgan fingerprint density at radius 2 is 1.83 bits per heavy atom. The fourth-order valence-corrected chi connectivity index (χ4v) is 5.29. The molecule has 1 aromatic heterocycles. The summed E-state index contributed by atoms with van der Waals surface area (Å²) >= 11 is 0. The zero-order valence-electron chi connectivity index (χ0n) is 23.9. The minimum Gasteiger partial charge on any atom is -0.496 e. The van der Waals surface area contributed by atoms with Crippen LogP contribution in [0, 0.1) is 20.8 Å². The van der Waals surface area contributed by atoms with Gasteiger partial charge in [-0.25, -0.2) is 4.79 Å². The quantitative estimate of drug-likeness (QED) is 0.476. The molecule has 2 N–H and O–H groups in total. The Bertz CT molecular complexity index is 1570. The van der Waals surface area contributed by atoms with E-state index in [-0.39, 0.29) is 43.2 Å². The number of nitrogens with zero attached hydrogens (tertiary/aromatic N) is 1. The van der Waals surface area contributed by atoms with Crippen molar-refractivity contribution in [3.8, 4) is 17.2 Å². The zero-order valence-corrected chi connectivity index (χ0v) is 23.9. The molecule has 0 aliphatic carbocycles. The number of methoxy groups -OCH3 is 1. The van der Waals surface area contributed by atoms with Crippen LogP contribution in [0.25, 0.3) is 0 Å². The Hall–Kier alpha value is -4.80. The van der Waals surface area contributed by atoms with Gasteiger partial charge in [-0.05, 0) is 56.2 Å². The highest BCUT2D eigenvalue weighted by atomic mass is 16.5. The number of piperidine rings is 1. The van der Waals surface area contributed by atoms with E-state index in [0.717, 1.165) is 11.1 Å². The van der Waals surface area contributed by atoms with Crippen molar-refractivity contribution in [2.75, 3.05) is 26.8 Å². The smallest absolute Gasteiger partial charge is 0.336 e. The molecule has 6 rings (SSSR count). The summed E-state index contributed by atoms with van der Waals surface area (Å²) in [6.45, 7) is 5.63. The van der Waals surface area contributed by atoms with Gasteiger partial charge in [-0.3, -0.25) is 14.4 Å². The van der Waals surface area contributed by atoms with Crippen molar-refractivity contribution < 1.29 is 33.0 Å². The number of hydrogen-bond donors (Lipinski definition) is 2. The van der Waals surface area contributed by atoms with Crippen molar-refractivity contribution in [2.24, 2.45) is 0 Å². The predicted octanol–water partition coefficient (Wildman–Crippen LogP) is 2.67. The van der Waals surface area contributed by atoms with Gasteiger partial charge in [-0.15, -0.1) is 0 Å². The monoisotopic (exact) mass is 575 g/mol. The first-order valence-electron chi connectivity index (χ1n) is 13.7. The molecule has 11 nitrogen and oxygen atoms in total. The lowest BCUT2D eigenvalue weighted by molar-refractivity contribution is -0.123. The van der Waals surface area contributed by atoms with Crippen molar-refractivity contribution in [3.63, 3.8) is 0 Å². The summed E-state index contributed by atoms with van der Waals surface area (Å²) in [5, 5.41) is 5.87. The molecule has 3 amide bonds. The molecule has 0 unspecified atom stereocenters. The van der Waals surface area contributed by atoms with E-state index in [9.17, 15) is 19.2 Å². The summed E-state index contributed by atoms with van der Waals surface area (Å²) in [6.07, 6.45) is -0.0467. The van der Waals surface area contributed by atoms with Gasteiger partial charge in [0.1, 0.15) is 29.1 Å². The summed E-state index contributed by atoms with van der Waals surface area (Å²) in [4.78, 5) is 53.0. The van der Waals surface area contributed by atoms with Gasteiger partial charge in [-0.2, -0.15) is 0 Å². The Morgan fingerprint density at radius 3 is 2.60 bits per heavy atom. The molecule has 11 heteroatoms. The molecule has 3 aliphatic rings. The highest BCUT2D eigenvalue weighted by molar-refractivity contribution is 5.97. The standard InChI is InChI=1S/C31H33N3O8/c1-17-5-6-20-12-25(17)40-16-27(35)32-14-21-7-8-22(13-26(21)39-4)42-24-9-10-34(15-23(24)33-30(20)37)31(38)29-18(2)11-28(36)41-19(29)3/h5-8,11-13,23-24H,9-10,14-16H2,1-4H3,(H,32,35)(H,33,37)/t23-,24+/m0/s1. The molecule has 1 saturated heterocycles. The van der Waals surface area contributed by atoms with Crippen molar-refractivity contribution in [1.82, 2.24) is 15.5 Å². The Balaban J connectivity index is 1.49. The van der Waals surface area contributed by atoms with Gasteiger partial charge in [0.2, 0.25) is 0 Å². The number of hydrogen-bond acceptors (Lipinski definition) is 8. The number of likely N-dealkylation sites (tertiary alicyclic amines) is 1. The maximum absolute atomic E-state index is 13.6. The van der Waals surface area contributed by atoms with Crippen LogP contribution in [0.2, 0.25) is 0 Å². The van der Waals surface area contributed by atoms with E-state index >= 15 is 0 Å². The van der Waals surface area contributed by atoms with Gasteiger partial charge < -0.3 is 34.2 Å². The number of rotatable bonds is 2. The van der Waals surface area contributed by atoms with Gasteiger partial charge in [-0.1, -0.05) is 6.07 Å². The third-order valence-electron chi connectivity index (χ3n) is 7.53. The highest BCUT2D eigenvalue weighted by Gasteiger charge is 2.36. The number of carbonyl (C=O) groups is 3. The van der Waals surface area contributed by atoms with Gasteiger partial charge in [0.05, 0.1) is 18.7 Å². The molecule has 2 aromatic carbocycles.